The van der Waals surface area contributed by atoms with E-state index in [9.17, 15) is 43.2 Å². The summed E-state index contributed by atoms with van der Waals surface area (Å²) in [6, 6.07) is 0. The summed E-state index contributed by atoms with van der Waals surface area (Å²) < 4.78 is 68.2. The van der Waals surface area contributed by atoms with E-state index in [0.717, 1.165) is 108 Å². The highest BCUT2D eigenvalue weighted by Crippen LogP contribution is 2.45. The molecule has 19 heteroatoms. The van der Waals surface area contributed by atoms with Crippen molar-refractivity contribution in [1.29, 1.82) is 0 Å². The summed E-state index contributed by atoms with van der Waals surface area (Å²) in [5.74, 6) is 0.0272. The van der Waals surface area contributed by atoms with Gasteiger partial charge >= 0.3 is 39.5 Å². The Balaban J connectivity index is 5.23. The van der Waals surface area contributed by atoms with Crippen LogP contribution in [0, 0.1) is 17.8 Å². The van der Waals surface area contributed by atoms with Crippen LogP contribution in [0.4, 0.5) is 0 Å². The maximum absolute atomic E-state index is 13.0. The number of phosphoric ester groups is 2. The number of ether oxygens (including phenoxy) is 4. The smallest absolute Gasteiger partial charge is 0.462 e. The number of phosphoric acid groups is 2. The predicted molar refractivity (Wildman–Crippen MR) is 358 cm³/mol. The molecule has 0 aromatic carbocycles. The highest BCUT2D eigenvalue weighted by atomic mass is 31.2. The Morgan fingerprint density at radius 1 is 0.326 bits per heavy atom. The van der Waals surface area contributed by atoms with Crippen LogP contribution >= 0.6 is 15.6 Å². The molecule has 0 aliphatic carbocycles. The fraction of sp³-hybridized carbons (Fsp3) is 0.943. The van der Waals surface area contributed by atoms with Crippen LogP contribution in [-0.2, 0) is 65.4 Å². The number of hydrogen-bond donors (Lipinski definition) is 3. The molecule has 528 valence electrons. The topological polar surface area (TPSA) is 237 Å². The molecule has 0 heterocycles. The van der Waals surface area contributed by atoms with Gasteiger partial charge in [-0.05, 0) is 43.4 Å². The third-order valence-corrected chi connectivity index (χ3v) is 18.4. The van der Waals surface area contributed by atoms with Crippen molar-refractivity contribution in [3.63, 3.8) is 0 Å². The fourth-order valence-electron chi connectivity index (χ4n) is 10.5. The Morgan fingerprint density at radius 3 is 0.854 bits per heavy atom. The predicted octanol–water partition coefficient (Wildman–Crippen LogP) is 19.8. The van der Waals surface area contributed by atoms with E-state index in [1.807, 2.05) is 0 Å². The van der Waals surface area contributed by atoms with Gasteiger partial charge in [0.1, 0.15) is 19.3 Å². The van der Waals surface area contributed by atoms with Crippen LogP contribution < -0.4 is 0 Å². The van der Waals surface area contributed by atoms with E-state index in [1.54, 1.807) is 0 Å². The first kappa shape index (κ1) is 87.1. The molecule has 0 saturated heterocycles. The van der Waals surface area contributed by atoms with Crippen molar-refractivity contribution >= 4 is 39.5 Å². The van der Waals surface area contributed by atoms with Crippen molar-refractivity contribution in [2.24, 2.45) is 17.8 Å². The fourth-order valence-corrected chi connectivity index (χ4v) is 12.1. The van der Waals surface area contributed by atoms with Crippen LogP contribution in [0.5, 0.6) is 0 Å². The van der Waals surface area contributed by atoms with Gasteiger partial charge in [-0.3, -0.25) is 37.3 Å². The van der Waals surface area contributed by atoms with Gasteiger partial charge in [-0.25, -0.2) is 9.13 Å². The number of carbonyl (C=O) groups is 4. The van der Waals surface area contributed by atoms with E-state index in [4.69, 9.17) is 37.0 Å². The Labute approximate surface area is 543 Å². The molecular weight excluding hydrogens is 1170 g/mol. The van der Waals surface area contributed by atoms with Crippen molar-refractivity contribution in [2.75, 3.05) is 39.6 Å². The van der Waals surface area contributed by atoms with Crippen LogP contribution in [0.25, 0.3) is 0 Å². The Bertz CT molecular complexity index is 1750. The van der Waals surface area contributed by atoms with E-state index in [-0.39, 0.29) is 25.7 Å². The van der Waals surface area contributed by atoms with Crippen LogP contribution in [0.3, 0.4) is 0 Å². The minimum Gasteiger partial charge on any atom is -0.462 e. The average molecular weight is 1310 g/mol. The molecule has 0 aliphatic rings. The highest BCUT2D eigenvalue weighted by Gasteiger charge is 2.30. The van der Waals surface area contributed by atoms with E-state index >= 15 is 0 Å². The van der Waals surface area contributed by atoms with Crippen molar-refractivity contribution < 1.29 is 80.2 Å². The van der Waals surface area contributed by atoms with Gasteiger partial charge in [0, 0.05) is 25.7 Å². The SMILES string of the molecule is CCCCCCCCCCCCCCCCCCCC(=O)O[C@H](COC(=O)CCCCCCCCCCCCC(C)C)COP(=O)(O)OC[C@@H](O)COP(=O)(O)OC[C@@H](COC(=O)CCCCCCCCC(C)C)OC(=O)CCCCCCCCC(C)CC. The summed E-state index contributed by atoms with van der Waals surface area (Å²) in [5.41, 5.74) is 0. The van der Waals surface area contributed by atoms with Gasteiger partial charge in [-0.2, -0.15) is 0 Å². The van der Waals surface area contributed by atoms with Gasteiger partial charge in [0.15, 0.2) is 12.2 Å². The second kappa shape index (κ2) is 61.0. The van der Waals surface area contributed by atoms with E-state index in [2.05, 4.69) is 48.5 Å². The first-order chi connectivity index (χ1) is 42.8. The molecule has 0 aliphatic heterocycles. The molecule has 0 saturated carbocycles. The third kappa shape index (κ3) is 63.2. The molecule has 6 atom stereocenters. The molecular formula is C70H136O17P2. The number of hydrogen-bond acceptors (Lipinski definition) is 15. The summed E-state index contributed by atoms with van der Waals surface area (Å²) in [6.45, 7) is 11.7. The minimum absolute atomic E-state index is 0.102. The van der Waals surface area contributed by atoms with Crippen molar-refractivity contribution in [2.45, 2.75) is 369 Å². The lowest BCUT2D eigenvalue weighted by Crippen LogP contribution is -2.30. The van der Waals surface area contributed by atoms with Crippen molar-refractivity contribution in [3.8, 4) is 0 Å². The van der Waals surface area contributed by atoms with E-state index < -0.39 is 97.5 Å². The molecule has 0 aromatic rings. The van der Waals surface area contributed by atoms with Gasteiger partial charge in [-0.15, -0.1) is 0 Å². The van der Waals surface area contributed by atoms with Gasteiger partial charge in [0.05, 0.1) is 26.4 Å². The quantitative estimate of drug-likeness (QED) is 0.0222. The summed E-state index contributed by atoms with van der Waals surface area (Å²) in [6.07, 6.45) is 44.7. The van der Waals surface area contributed by atoms with E-state index in [1.165, 1.54) is 154 Å². The average Bonchev–Trinajstić information content (AvgIpc) is 3.64. The maximum Gasteiger partial charge on any atom is 0.472 e. The zero-order chi connectivity index (χ0) is 65.9. The van der Waals surface area contributed by atoms with Gasteiger partial charge in [-0.1, -0.05) is 299 Å². The first-order valence-corrected chi connectivity index (χ1v) is 39.4. The van der Waals surface area contributed by atoms with Crippen molar-refractivity contribution in [3.05, 3.63) is 0 Å². The largest absolute Gasteiger partial charge is 0.472 e. The number of carbonyl (C=O) groups excluding carboxylic acids is 4. The molecule has 3 N–H and O–H groups in total. The van der Waals surface area contributed by atoms with Crippen LogP contribution in [-0.4, -0.2) is 96.7 Å². The molecule has 3 unspecified atom stereocenters. The lowest BCUT2D eigenvalue weighted by molar-refractivity contribution is -0.161. The Kier molecular flexibility index (Phi) is 59.6. The summed E-state index contributed by atoms with van der Waals surface area (Å²) >= 11 is 0. The maximum atomic E-state index is 13.0. The molecule has 0 rings (SSSR count). The van der Waals surface area contributed by atoms with Gasteiger partial charge < -0.3 is 33.8 Å². The zero-order valence-electron chi connectivity index (χ0n) is 57.9. The highest BCUT2D eigenvalue weighted by molar-refractivity contribution is 7.47. The lowest BCUT2D eigenvalue weighted by atomic mass is 10.00. The molecule has 17 nitrogen and oxygen atoms in total. The van der Waals surface area contributed by atoms with Crippen LogP contribution in [0.15, 0.2) is 0 Å². The Morgan fingerprint density at radius 2 is 0.573 bits per heavy atom. The van der Waals surface area contributed by atoms with Crippen LogP contribution in [0.2, 0.25) is 0 Å². The second-order valence-corrected chi connectivity index (χ2v) is 29.4. The van der Waals surface area contributed by atoms with Crippen LogP contribution in [0.1, 0.15) is 350 Å². The molecule has 0 amide bonds. The first-order valence-electron chi connectivity index (χ1n) is 36.4. The summed E-state index contributed by atoms with van der Waals surface area (Å²) in [7, 11) is -9.90. The number of rotatable bonds is 68. The van der Waals surface area contributed by atoms with Gasteiger partial charge in [0.25, 0.3) is 0 Å². The Hall–Kier alpha value is -1.94. The molecule has 89 heavy (non-hydrogen) atoms. The standard InChI is InChI=1S/C70H136O17P2/c1-8-10-11-12-13-14-15-16-17-18-19-20-21-26-29-39-46-53-69(74)86-65(57-80-67(72)51-44-37-28-25-23-22-24-27-34-41-48-61(3)4)59-84-88(76,77)82-55-64(71)56-83-89(78,79)85-60-66(58-81-68(73)52-45-38-32-30-35-42-49-62(5)6)87-70(75)54-47-40-33-31-36-43-50-63(7)9-2/h61-66,71H,8-60H2,1-7H3,(H,76,77)(H,78,79)/t63?,64-,65-,66-/m1/s1. The molecule has 0 bridgehead atoms. The number of aliphatic hydroxyl groups is 1. The number of aliphatic hydroxyl groups excluding tert-OH is 1. The number of esters is 4. The normalized spacial score (nSPS) is 14.5. The van der Waals surface area contributed by atoms with E-state index in [0.29, 0.717) is 31.6 Å². The lowest BCUT2D eigenvalue weighted by Gasteiger charge is -2.21. The number of unbranched alkanes of at least 4 members (excludes halogenated alkanes) is 35. The molecule has 0 radical (unpaired) electrons. The van der Waals surface area contributed by atoms with Crippen molar-refractivity contribution in [1.82, 2.24) is 0 Å². The second-order valence-electron chi connectivity index (χ2n) is 26.5. The van der Waals surface area contributed by atoms with Gasteiger partial charge in [0.2, 0.25) is 0 Å². The monoisotopic (exact) mass is 1310 g/mol. The zero-order valence-corrected chi connectivity index (χ0v) is 59.7. The summed E-state index contributed by atoms with van der Waals surface area (Å²) in [5, 5.41) is 10.6. The molecule has 0 spiro atoms. The third-order valence-electron chi connectivity index (χ3n) is 16.5. The summed E-state index contributed by atoms with van der Waals surface area (Å²) in [4.78, 5) is 72.5. The molecule has 0 aromatic heterocycles. The minimum atomic E-state index is -4.95. The molecule has 0 fully saturated rings.